The molecule has 0 amide bonds. The van der Waals surface area contributed by atoms with E-state index in [-0.39, 0.29) is 0 Å². The summed E-state index contributed by atoms with van der Waals surface area (Å²) in [6.45, 7) is 12.4. The van der Waals surface area contributed by atoms with Gasteiger partial charge in [0, 0.05) is 30.4 Å². The Morgan fingerprint density at radius 2 is 1.87 bits per heavy atom. The third kappa shape index (κ3) is 4.44. The third-order valence-electron chi connectivity index (χ3n) is 4.91. The minimum atomic E-state index is 0.525. The third-order valence-corrected chi connectivity index (χ3v) is 4.91. The Balaban J connectivity index is 2.06. The lowest BCUT2D eigenvalue weighted by Gasteiger charge is -2.29. The van der Waals surface area contributed by atoms with Crippen LogP contribution in [0, 0.1) is 6.92 Å². The first-order valence-electron chi connectivity index (χ1n) is 8.87. The Kier molecular flexibility index (Phi) is 6.40. The smallest absolute Gasteiger partial charge is 0.0725 e. The molecule has 2 aromatic rings. The molecule has 3 nitrogen and oxygen atoms in total. The van der Waals surface area contributed by atoms with Crippen molar-refractivity contribution in [1.82, 2.24) is 9.88 Å². The average Bonchev–Trinajstić information content (AvgIpc) is 2.57. The Morgan fingerprint density at radius 1 is 1.13 bits per heavy atom. The zero-order chi connectivity index (χ0) is 16.8. The number of nitrogens with zero attached hydrogens (tertiary/aromatic N) is 3. The van der Waals surface area contributed by atoms with Gasteiger partial charge in [-0.25, -0.2) is 0 Å². The Morgan fingerprint density at radius 3 is 2.57 bits per heavy atom. The summed E-state index contributed by atoms with van der Waals surface area (Å²) < 4.78 is 0. The standard InChI is InChI=1S/C20H31N3/c1-6-23(7-2)14-8-9-17(4)22(5)20-12-13-21-19-15-16(3)10-11-18(19)20/h10-13,15,17H,6-9,14H2,1-5H3. The highest BCUT2D eigenvalue weighted by Gasteiger charge is 2.13. The molecular formula is C20H31N3. The summed E-state index contributed by atoms with van der Waals surface area (Å²) >= 11 is 0. The average molecular weight is 313 g/mol. The molecule has 0 fully saturated rings. The molecule has 0 aliphatic carbocycles. The molecule has 1 aromatic carbocycles. The predicted octanol–water partition coefficient (Wildman–Crippen LogP) is 4.49. The van der Waals surface area contributed by atoms with Crippen molar-refractivity contribution in [3.63, 3.8) is 0 Å². The van der Waals surface area contributed by atoms with E-state index in [1.54, 1.807) is 0 Å². The fourth-order valence-electron chi connectivity index (χ4n) is 3.13. The maximum atomic E-state index is 4.52. The first-order chi connectivity index (χ1) is 11.1. The zero-order valence-corrected chi connectivity index (χ0v) is 15.3. The van der Waals surface area contributed by atoms with Gasteiger partial charge in [-0.1, -0.05) is 26.0 Å². The Labute approximate surface area is 141 Å². The molecule has 1 atom stereocenters. The number of aryl methyl sites for hydroxylation is 1. The van der Waals surface area contributed by atoms with E-state index in [1.807, 2.05) is 6.20 Å². The van der Waals surface area contributed by atoms with E-state index in [4.69, 9.17) is 0 Å². The van der Waals surface area contributed by atoms with Crippen LogP contribution in [0.25, 0.3) is 10.9 Å². The molecule has 0 saturated carbocycles. The van der Waals surface area contributed by atoms with Crippen LogP contribution >= 0.6 is 0 Å². The van der Waals surface area contributed by atoms with Crippen LogP contribution in [-0.4, -0.2) is 42.6 Å². The fourth-order valence-corrected chi connectivity index (χ4v) is 3.13. The minimum Gasteiger partial charge on any atom is -0.371 e. The van der Waals surface area contributed by atoms with Crippen LogP contribution in [0.15, 0.2) is 30.5 Å². The quantitative estimate of drug-likeness (QED) is 0.716. The van der Waals surface area contributed by atoms with Crippen molar-refractivity contribution in [2.45, 2.75) is 46.6 Å². The summed E-state index contributed by atoms with van der Waals surface area (Å²) in [6.07, 6.45) is 4.38. The number of pyridine rings is 1. The zero-order valence-electron chi connectivity index (χ0n) is 15.3. The molecule has 0 N–H and O–H groups in total. The maximum absolute atomic E-state index is 4.52. The van der Waals surface area contributed by atoms with E-state index in [2.05, 4.69) is 73.8 Å². The Hall–Kier alpha value is -1.61. The molecule has 3 heteroatoms. The number of hydrogen-bond acceptors (Lipinski definition) is 3. The topological polar surface area (TPSA) is 19.4 Å². The van der Waals surface area contributed by atoms with Crippen molar-refractivity contribution < 1.29 is 0 Å². The summed E-state index contributed by atoms with van der Waals surface area (Å²) in [5.41, 5.74) is 3.63. The summed E-state index contributed by atoms with van der Waals surface area (Å²) in [4.78, 5) is 9.42. The van der Waals surface area contributed by atoms with Crippen molar-refractivity contribution in [3.05, 3.63) is 36.0 Å². The molecule has 1 unspecified atom stereocenters. The van der Waals surface area contributed by atoms with Gasteiger partial charge in [-0.3, -0.25) is 4.98 Å². The van der Waals surface area contributed by atoms with Gasteiger partial charge in [-0.2, -0.15) is 0 Å². The summed E-state index contributed by atoms with van der Waals surface area (Å²) in [5.74, 6) is 0. The molecule has 0 aliphatic heterocycles. The number of hydrogen-bond donors (Lipinski definition) is 0. The fraction of sp³-hybridized carbons (Fsp3) is 0.550. The summed E-state index contributed by atoms with van der Waals surface area (Å²) in [5, 5.41) is 1.25. The van der Waals surface area contributed by atoms with E-state index < -0.39 is 0 Å². The molecule has 0 bridgehead atoms. The van der Waals surface area contributed by atoms with Gasteiger partial charge in [0.05, 0.1) is 5.52 Å². The van der Waals surface area contributed by atoms with E-state index in [1.165, 1.54) is 36.0 Å². The second kappa shape index (κ2) is 8.30. The minimum absolute atomic E-state index is 0.525. The highest BCUT2D eigenvalue weighted by molar-refractivity contribution is 5.91. The number of rotatable bonds is 8. The van der Waals surface area contributed by atoms with E-state index in [0.717, 1.165) is 18.6 Å². The van der Waals surface area contributed by atoms with Gasteiger partial charge in [0.1, 0.15) is 0 Å². The molecule has 23 heavy (non-hydrogen) atoms. The van der Waals surface area contributed by atoms with Gasteiger partial charge in [0.15, 0.2) is 0 Å². The molecule has 126 valence electrons. The van der Waals surface area contributed by atoms with Crippen LogP contribution in [0.3, 0.4) is 0 Å². The predicted molar refractivity (Wildman–Crippen MR) is 101 cm³/mol. The van der Waals surface area contributed by atoms with Gasteiger partial charge < -0.3 is 9.80 Å². The molecule has 0 radical (unpaired) electrons. The molecule has 1 heterocycles. The number of anilines is 1. The summed E-state index contributed by atoms with van der Waals surface area (Å²) in [6, 6.07) is 9.20. The van der Waals surface area contributed by atoms with Crippen molar-refractivity contribution in [1.29, 1.82) is 0 Å². The van der Waals surface area contributed by atoms with Crippen LogP contribution in [0.5, 0.6) is 0 Å². The van der Waals surface area contributed by atoms with Crippen molar-refractivity contribution in [2.75, 3.05) is 31.6 Å². The second-order valence-electron chi connectivity index (χ2n) is 6.48. The molecule has 2 rings (SSSR count). The van der Waals surface area contributed by atoms with Gasteiger partial charge in [-0.05, 0) is 64.0 Å². The van der Waals surface area contributed by atoms with Gasteiger partial charge in [0.2, 0.25) is 0 Å². The lowest BCUT2D eigenvalue weighted by Crippen LogP contribution is -2.31. The second-order valence-corrected chi connectivity index (χ2v) is 6.48. The summed E-state index contributed by atoms with van der Waals surface area (Å²) in [7, 11) is 2.21. The van der Waals surface area contributed by atoms with Crippen molar-refractivity contribution in [2.24, 2.45) is 0 Å². The molecular weight excluding hydrogens is 282 g/mol. The largest absolute Gasteiger partial charge is 0.371 e. The normalized spacial score (nSPS) is 12.8. The lowest BCUT2D eigenvalue weighted by molar-refractivity contribution is 0.293. The van der Waals surface area contributed by atoms with Crippen LogP contribution in [0.2, 0.25) is 0 Å². The first kappa shape index (κ1) is 17.7. The number of fused-ring (bicyclic) bond motifs is 1. The van der Waals surface area contributed by atoms with Gasteiger partial charge >= 0.3 is 0 Å². The molecule has 0 spiro atoms. The highest BCUT2D eigenvalue weighted by atomic mass is 15.1. The first-order valence-corrected chi connectivity index (χ1v) is 8.87. The van der Waals surface area contributed by atoms with Crippen LogP contribution in [0.1, 0.15) is 39.2 Å². The van der Waals surface area contributed by atoms with Crippen LogP contribution in [0.4, 0.5) is 5.69 Å². The number of aromatic nitrogens is 1. The number of benzene rings is 1. The van der Waals surface area contributed by atoms with E-state index in [0.29, 0.717) is 6.04 Å². The van der Waals surface area contributed by atoms with Crippen molar-refractivity contribution >= 4 is 16.6 Å². The molecule has 0 saturated heterocycles. The molecule has 1 aromatic heterocycles. The maximum Gasteiger partial charge on any atom is 0.0725 e. The SMILES string of the molecule is CCN(CC)CCCC(C)N(C)c1ccnc2cc(C)ccc12. The van der Waals surface area contributed by atoms with Crippen LogP contribution in [-0.2, 0) is 0 Å². The molecule has 0 aliphatic rings. The monoisotopic (exact) mass is 313 g/mol. The van der Waals surface area contributed by atoms with Crippen molar-refractivity contribution in [3.8, 4) is 0 Å². The van der Waals surface area contributed by atoms with E-state index in [9.17, 15) is 0 Å². The van der Waals surface area contributed by atoms with E-state index >= 15 is 0 Å². The highest BCUT2D eigenvalue weighted by Crippen LogP contribution is 2.27. The lowest BCUT2D eigenvalue weighted by atomic mass is 10.1. The van der Waals surface area contributed by atoms with Gasteiger partial charge in [0.25, 0.3) is 0 Å². The van der Waals surface area contributed by atoms with Crippen LogP contribution < -0.4 is 4.90 Å². The Bertz CT molecular complexity index is 619. The van der Waals surface area contributed by atoms with Gasteiger partial charge in [-0.15, -0.1) is 0 Å².